The number of aromatic nitrogens is 4. The molecule has 0 bridgehead atoms. The lowest BCUT2D eigenvalue weighted by atomic mass is 10.1. The van der Waals surface area contributed by atoms with Crippen LogP contribution in [0.15, 0.2) is 96.0 Å². The Morgan fingerprint density at radius 3 is 2.46 bits per heavy atom. The molecule has 0 aliphatic heterocycles. The summed E-state index contributed by atoms with van der Waals surface area (Å²) in [5.74, 6) is -0.561. The third kappa shape index (κ3) is 5.67. The lowest BCUT2D eigenvalue weighted by Gasteiger charge is -2.19. The molecule has 0 aliphatic carbocycles. The molecule has 0 spiro atoms. The van der Waals surface area contributed by atoms with Gasteiger partial charge < -0.3 is 9.26 Å². The van der Waals surface area contributed by atoms with Gasteiger partial charge >= 0.3 is 0 Å². The molecule has 2 heterocycles. The predicted molar refractivity (Wildman–Crippen MR) is 125 cm³/mol. The molecule has 6 nitrogen and oxygen atoms in total. The lowest BCUT2D eigenvalue weighted by Crippen LogP contribution is -2.15. The first kappa shape index (κ1) is 22.6. The summed E-state index contributed by atoms with van der Waals surface area (Å²) in [4.78, 5) is 3.92. The summed E-state index contributed by atoms with van der Waals surface area (Å²) in [6.07, 6.45) is 2.89. The van der Waals surface area contributed by atoms with Gasteiger partial charge in [-0.05, 0) is 17.2 Å². The highest BCUT2D eigenvalue weighted by Crippen LogP contribution is 2.25. The molecule has 0 N–H and O–H groups in total. The van der Waals surface area contributed by atoms with Gasteiger partial charge in [0.2, 0.25) is 0 Å². The van der Waals surface area contributed by atoms with Crippen LogP contribution in [-0.4, -0.2) is 19.9 Å². The van der Waals surface area contributed by atoms with Gasteiger partial charge in [0, 0.05) is 29.7 Å². The van der Waals surface area contributed by atoms with Crippen molar-refractivity contribution in [3.63, 3.8) is 0 Å². The van der Waals surface area contributed by atoms with Crippen LogP contribution in [0, 0.1) is 11.6 Å². The number of hydrogen-bond acceptors (Lipinski definition) is 5. The molecule has 0 aliphatic rings. The SMILES string of the molecule is Fc1ccc(C(Cn2cncn2)OCc2ccc(Cc3cc(-c4ccccc4)on3)cc2)c(F)c1. The molecular formula is C27H22F2N4O2. The molecule has 0 saturated heterocycles. The second-order valence-electron chi connectivity index (χ2n) is 8.12. The standard InChI is InChI=1S/C27H22F2N4O2/c28-22-10-11-24(25(29)13-22)27(15-33-18-30-17-31-33)34-16-20-8-6-19(7-9-20)12-23-14-26(35-32-23)21-4-2-1-3-5-21/h1-11,13-14,17-18,27H,12,15-16H2. The van der Waals surface area contributed by atoms with E-state index in [1.165, 1.54) is 24.8 Å². The number of ether oxygens (including phenoxy) is 1. The van der Waals surface area contributed by atoms with Gasteiger partial charge in [-0.3, -0.25) is 4.68 Å². The van der Waals surface area contributed by atoms with E-state index in [4.69, 9.17) is 9.26 Å². The van der Waals surface area contributed by atoms with Crippen LogP contribution < -0.4 is 0 Å². The largest absolute Gasteiger partial charge is 0.367 e. The second kappa shape index (κ2) is 10.4. The van der Waals surface area contributed by atoms with Crippen molar-refractivity contribution in [3.05, 3.63) is 126 Å². The summed E-state index contributed by atoms with van der Waals surface area (Å²) in [6.45, 7) is 0.495. The third-order valence-electron chi connectivity index (χ3n) is 5.61. The van der Waals surface area contributed by atoms with Gasteiger partial charge in [-0.25, -0.2) is 13.8 Å². The molecule has 5 aromatic rings. The summed E-state index contributed by atoms with van der Waals surface area (Å²) >= 11 is 0. The van der Waals surface area contributed by atoms with Crippen LogP contribution in [0.25, 0.3) is 11.3 Å². The molecule has 176 valence electrons. The summed E-state index contributed by atoms with van der Waals surface area (Å²) in [5.41, 5.74) is 4.08. The smallest absolute Gasteiger partial charge is 0.167 e. The van der Waals surface area contributed by atoms with E-state index in [0.717, 1.165) is 34.2 Å². The van der Waals surface area contributed by atoms with Crippen LogP contribution in [-0.2, 0) is 24.3 Å². The molecule has 35 heavy (non-hydrogen) atoms. The minimum Gasteiger partial charge on any atom is -0.367 e. The maximum atomic E-state index is 14.4. The number of rotatable bonds is 9. The van der Waals surface area contributed by atoms with Crippen LogP contribution in [0.5, 0.6) is 0 Å². The van der Waals surface area contributed by atoms with E-state index in [-0.39, 0.29) is 18.7 Å². The van der Waals surface area contributed by atoms with E-state index >= 15 is 0 Å². The molecule has 0 radical (unpaired) electrons. The van der Waals surface area contributed by atoms with Crippen molar-refractivity contribution in [2.45, 2.75) is 25.7 Å². The topological polar surface area (TPSA) is 66.0 Å². The molecule has 1 unspecified atom stereocenters. The Kier molecular flexibility index (Phi) is 6.72. The average Bonchev–Trinajstić information content (AvgIpc) is 3.56. The molecule has 0 amide bonds. The van der Waals surface area contributed by atoms with Gasteiger partial charge in [0.25, 0.3) is 0 Å². The maximum Gasteiger partial charge on any atom is 0.167 e. The normalized spacial score (nSPS) is 12.1. The van der Waals surface area contributed by atoms with Crippen molar-refractivity contribution in [1.82, 2.24) is 19.9 Å². The van der Waals surface area contributed by atoms with Crippen molar-refractivity contribution >= 4 is 0 Å². The number of nitrogens with zero attached hydrogens (tertiary/aromatic N) is 4. The Bertz CT molecular complexity index is 1370. The van der Waals surface area contributed by atoms with E-state index in [1.54, 1.807) is 4.68 Å². The van der Waals surface area contributed by atoms with Crippen LogP contribution in [0.3, 0.4) is 0 Å². The fraction of sp³-hybridized carbons (Fsp3) is 0.148. The molecule has 0 saturated carbocycles. The van der Waals surface area contributed by atoms with Crippen LogP contribution >= 0.6 is 0 Å². The van der Waals surface area contributed by atoms with Gasteiger partial charge in [-0.1, -0.05) is 65.8 Å². The fourth-order valence-electron chi connectivity index (χ4n) is 3.79. The number of benzene rings is 3. The Morgan fingerprint density at radius 2 is 1.71 bits per heavy atom. The van der Waals surface area contributed by atoms with Crippen molar-refractivity contribution < 1.29 is 18.0 Å². The second-order valence-corrected chi connectivity index (χ2v) is 8.12. The Labute approximate surface area is 200 Å². The molecule has 8 heteroatoms. The van der Waals surface area contributed by atoms with E-state index in [9.17, 15) is 8.78 Å². The Balaban J connectivity index is 1.24. The van der Waals surface area contributed by atoms with E-state index in [2.05, 4.69) is 15.2 Å². The Morgan fingerprint density at radius 1 is 0.914 bits per heavy atom. The lowest BCUT2D eigenvalue weighted by molar-refractivity contribution is 0.0233. The van der Waals surface area contributed by atoms with Crippen molar-refractivity contribution in [1.29, 1.82) is 0 Å². The summed E-state index contributed by atoms with van der Waals surface area (Å²) in [6, 6.07) is 23.2. The maximum absolute atomic E-state index is 14.4. The first-order valence-electron chi connectivity index (χ1n) is 11.1. The molecule has 5 rings (SSSR count). The zero-order valence-corrected chi connectivity index (χ0v) is 18.7. The van der Waals surface area contributed by atoms with E-state index in [1.807, 2.05) is 60.7 Å². The average molecular weight is 472 g/mol. The Hall–Kier alpha value is -4.17. The monoisotopic (exact) mass is 472 g/mol. The van der Waals surface area contributed by atoms with Gasteiger partial charge in [0.15, 0.2) is 5.76 Å². The molecule has 1 atom stereocenters. The van der Waals surface area contributed by atoms with Crippen LogP contribution in [0.2, 0.25) is 0 Å². The van der Waals surface area contributed by atoms with Gasteiger partial charge in [0.05, 0.1) is 18.8 Å². The van der Waals surface area contributed by atoms with E-state index in [0.29, 0.717) is 6.42 Å². The van der Waals surface area contributed by atoms with Crippen LogP contribution in [0.4, 0.5) is 8.78 Å². The minimum atomic E-state index is -0.663. The first-order valence-corrected chi connectivity index (χ1v) is 11.1. The number of hydrogen-bond donors (Lipinski definition) is 0. The molecule has 3 aromatic carbocycles. The summed E-state index contributed by atoms with van der Waals surface area (Å²) < 4.78 is 40.9. The first-order chi connectivity index (χ1) is 17.1. The fourth-order valence-corrected chi connectivity index (χ4v) is 3.79. The molecule has 2 aromatic heterocycles. The van der Waals surface area contributed by atoms with Crippen molar-refractivity contribution in [2.75, 3.05) is 0 Å². The minimum absolute atomic E-state index is 0.247. The molecule has 0 fully saturated rings. The van der Waals surface area contributed by atoms with Gasteiger partial charge in [-0.2, -0.15) is 5.10 Å². The zero-order chi connectivity index (χ0) is 24.0. The third-order valence-corrected chi connectivity index (χ3v) is 5.61. The van der Waals surface area contributed by atoms with Crippen LogP contribution in [0.1, 0.15) is 28.5 Å². The predicted octanol–water partition coefficient (Wildman–Crippen LogP) is 5.76. The van der Waals surface area contributed by atoms with Gasteiger partial charge in [-0.15, -0.1) is 0 Å². The van der Waals surface area contributed by atoms with Crippen molar-refractivity contribution in [2.24, 2.45) is 0 Å². The van der Waals surface area contributed by atoms with E-state index < -0.39 is 17.7 Å². The quantitative estimate of drug-likeness (QED) is 0.273. The summed E-state index contributed by atoms with van der Waals surface area (Å²) in [5, 5.41) is 8.25. The highest BCUT2D eigenvalue weighted by atomic mass is 19.1. The highest BCUT2D eigenvalue weighted by Gasteiger charge is 2.19. The summed E-state index contributed by atoms with van der Waals surface area (Å²) in [7, 11) is 0. The zero-order valence-electron chi connectivity index (χ0n) is 18.7. The number of halogens is 2. The van der Waals surface area contributed by atoms with Gasteiger partial charge in [0.1, 0.15) is 30.4 Å². The van der Waals surface area contributed by atoms with Crippen molar-refractivity contribution in [3.8, 4) is 11.3 Å². The molecular weight excluding hydrogens is 450 g/mol. The highest BCUT2D eigenvalue weighted by molar-refractivity contribution is 5.57.